The van der Waals surface area contributed by atoms with Crippen molar-refractivity contribution < 1.29 is 4.79 Å². The Morgan fingerprint density at radius 3 is 2.45 bits per heavy atom. The summed E-state index contributed by atoms with van der Waals surface area (Å²) >= 11 is 3.56. The lowest BCUT2D eigenvalue weighted by molar-refractivity contribution is -0.138. The maximum absolute atomic E-state index is 13.2. The van der Waals surface area contributed by atoms with Crippen LogP contribution in [0.4, 0.5) is 0 Å². The zero-order valence-electron chi connectivity index (χ0n) is 17.1. The molecule has 0 spiro atoms. The van der Waals surface area contributed by atoms with E-state index in [0.29, 0.717) is 11.8 Å². The molecule has 4 rings (SSSR count). The number of carbonyl (C=O) groups is 1. The molecule has 2 fully saturated rings. The number of hydrogen-bond donors (Lipinski definition) is 0. The van der Waals surface area contributed by atoms with Crippen molar-refractivity contribution in [3.8, 4) is 0 Å². The van der Waals surface area contributed by atoms with Crippen molar-refractivity contribution in [1.82, 2.24) is 9.80 Å². The number of rotatable bonds is 5. The molecule has 0 unspecified atom stereocenters. The van der Waals surface area contributed by atoms with Crippen molar-refractivity contribution in [2.45, 2.75) is 38.6 Å². The van der Waals surface area contributed by atoms with Gasteiger partial charge in [-0.2, -0.15) is 0 Å². The fourth-order valence-corrected chi connectivity index (χ4v) is 5.30. The van der Waals surface area contributed by atoms with Crippen LogP contribution in [0.5, 0.6) is 0 Å². The van der Waals surface area contributed by atoms with Gasteiger partial charge >= 0.3 is 0 Å². The second-order valence-electron chi connectivity index (χ2n) is 8.66. The molecule has 0 radical (unpaired) electrons. The Balaban J connectivity index is 1.27. The molecule has 2 aliphatic rings. The first-order valence-corrected chi connectivity index (χ1v) is 11.8. The summed E-state index contributed by atoms with van der Waals surface area (Å²) in [6.45, 7) is 4.78. The highest BCUT2D eigenvalue weighted by Crippen LogP contribution is 2.26. The number of hydrogen-bond acceptors (Lipinski definition) is 2. The monoisotopic (exact) mass is 454 g/mol. The summed E-state index contributed by atoms with van der Waals surface area (Å²) in [7, 11) is 0. The normalized spacial score (nSPS) is 21.3. The van der Waals surface area contributed by atoms with Crippen molar-refractivity contribution in [2.75, 3.05) is 26.2 Å². The summed E-state index contributed by atoms with van der Waals surface area (Å²) in [5, 5.41) is 0. The van der Waals surface area contributed by atoms with Crippen molar-refractivity contribution in [2.24, 2.45) is 11.8 Å². The van der Waals surface area contributed by atoms with Gasteiger partial charge in [-0.15, -0.1) is 0 Å². The van der Waals surface area contributed by atoms with Gasteiger partial charge in [0.05, 0.1) is 5.92 Å². The predicted octanol–water partition coefficient (Wildman–Crippen LogP) is 5.14. The minimum absolute atomic E-state index is 0.168. The molecule has 3 nitrogen and oxygen atoms in total. The number of amides is 1. The highest BCUT2D eigenvalue weighted by atomic mass is 79.9. The van der Waals surface area contributed by atoms with Gasteiger partial charge in [0.2, 0.25) is 5.91 Å². The second-order valence-corrected chi connectivity index (χ2v) is 9.58. The topological polar surface area (TPSA) is 23.6 Å². The Hall–Kier alpha value is -1.65. The quantitative estimate of drug-likeness (QED) is 0.623. The zero-order valence-corrected chi connectivity index (χ0v) is 18.7. The van der Waals surface area contributed by atoms with Crippen molar-refractivity contribution in [3.05, 3.63) is 70.2 Å². The number of piperidine rings is 2. The van der Waals surface area contributed by atoms with Gasteiger partial charge in [0, 0.05) is 30.7 Å². The second kappa shape index (κ2) is 9.90. The van der Waals surface area contributed by atoms with Crippen LogP contribution >= 0.6 is 15.9 Å². The first kappa shape index (κ1) is 20.6. The summed E-state index contributed by atoms with van der Waals surface area (Å²) in [5.41, 5.74) is 2.74. The largest absolute Gasteiger partial charge is 0.342 e. The third-order valence-corrected chi connectivity index (χ3v) is 6.94. The average Bonchev–Trinajstić information content (AvgIpc) is 2.75. The maximum atomic E-state index is 13.2. The Morgan fingerprint density at radius 1 is 0.931 bits per heavy atom. The SMILES string of the molecule is O=C([C@@H]1CCCN(Cc2cccc(Br)c2)C1)N1CCC(Cc2ccccc2)CC1. The van der Waals surface area contributed by atoms with E-state index in [-0.39, 0.29) is 5.92 Å². The Kier molecular flexibility index (Phi) is 7.04. The van der Waals surface area contributed by atoms with E-state index in [9.17, 15) is 4.79 Å². The van der Waals surface area contributed by atoms with Crippen LogP contribution in [0.2, 0.25) is 0 Å². The van der Waals surface area contributed by atoms with E-state index in [0.717, 1.165) is 69.3 Å². The van der Waals surface area contributed by atoms with Crippen LogP contribution in [-0.2, 0) is 17.8 Å². The smallest absolute Gasteiger partial charge is 0.226 e. The van der Waals surface area contributed by atoms with Crippen molar-refractivity contribution >= 4 is 21.8 Å². The van der Waals surface area contributed by atoms with Gasteiger partial charge in [-0.3, -0.25) is 9.69 Å². The van der Waals surface area contributed by atoms with Crippen LogP contribution in [0.3, 0.4) is 0 Å². The third kappa shape index (κ3) is 5.70. The summed E-state index contributed by atoms with van der Waals surface area (Å²) < 4.78 is 1.12. The van der Waals surface area contributed by atoms with Gasteiger partial charge < -0.3 is 4.90 Å². The molecule has 2 aromatic carbocycles. The predicted molar refractivity (Wildman–Crippen MR) is 122 cm³/mol. The summed E-state index contributed by atoms with van der Waals surface area (Å²) in [4.78, 5) is 17.8. The van der Waals surface area contributed by atoms with E-state index in [1.165, 1.54) is 11.1 Å². The van der Waals surface area contributed by atoms with E-state index < -0.39 is 0 Å². The molecular weight excluding hydrogens is 424 g/mol. The van der Waals surface area contributed by atoms with E-state index in [4.69, 9.17) is 0 Å². The molecule has 2 aromatic rings. The molecule has 4 heteroatoms. The minimum atomic E-state index is 0.168. The molecule has 0 bridgehead atoms. The van der Waals surface area contributed by atoms with E-state index in [1.807, 2.05) is 0 Å². The average molecular weight is 455 g/mol. The van der Waals surface area contributed by atoms with E-state index in [1.54, 1.807) is 0 Å². The number of nitrogens with zero attached hydrogens (tertiary/aromatic N) is 2. The van der Waals surface area contributed by atoms with Crippen LogP contribution in [0, 0.1) is 11.8 Å². The minimum Gasteiger partial charge on any atom is -0.342 e. The van der Waals surface area contributed by atoms with Crippen LogP contribution < -0.4 is 0 Å². The van der Waals surface area contributed by atoms with Crippen LogP contribution in [0.15, 0.2) is 59.1 Å². The molecule has 2 aliphatic heterocycles. The number of benzene rings is 2. The Morgan fingerprint density at radius 2 is 1.69 bits per heavy atom. The lowest BCUT2D eigenvalue weighted by Gasteiger charge is -2.38. The molecule has 0 N–H and O–H groups in total. The molecule has 154 valence electrons. The van der Waals surface area contributed by atoms with Gasteiger partial charge in [-0.1, -0.05) is 58.4 Å². The molecular formula is C25H31BrN2O. The third-order valence-electron chi connectivity index (χ3n) is 6.44. The molecule has 0 aromatic heterocycles. The maximum Gasteiger partial charge on any atom is 0.226 e. The molecule has 29 heavy (non-hydrogen) atoms. The molecule has 2 heterocycles. The van der Waals surface area contributed by atoms with Crippen LogP contribution in [0.25, 0.3) is 0 Å². The molecule has 0 aliphatic carbocycles. The van der Waals surface area contributed by atoms with Crippen LogP contribution in [-0.4, -0.2) is 41.9 Å². The summed E-state index contributed by atoms with van der Waals surface area (Å²) in [5.74, 6) is 1.27. The highest BCUT2D eigenvalue weighted by Gasteiger charge is 2.31. The number of carbonyl (C=O) groups excluding carboxylic acids is 1. The van der Waals surface area contributed by atoms with Gasteiger partial charge in [0.25, 0.3) is 0 Å². The van der Waals surface area contributed by atoms with Gasteiger partial charge in [0.15, 0.2) is 0 Å². The first-order valence-electron chi connectivity index (χ1n) is 11.0. The lowest BCUT2D eigenvalue weighted by atomic mass is 9.89. The zero-order chi connectivity index (χ0) is 20.1. The van der Waals surface area contributed by atoms with E-state index in [2.05, 4.69) is 80.3 Å². The van der Waals surface area contributed by atoms with E-state index >= 15 is 0 Å². The Bertz CT molecular complexity index is 801. The van der Waals surface area contributed by atoms with Crippen LogP contribution in [0.1, 0.15) is 36.8 Å². The summed E-state index contributed by atoms with van der Waals surface area (Å²) in [6.07, 6.45) is 5.57. The fourth-order valence-electron chi connectivity index (χ4n) is 4.86. The lowest BCUT2D eigenvalue weighted by Crippen LogP contribution is -2.47. The molecule has 2 saturated heterocycles. The fraction of sp³-hybridized carbons (Fsp3) is 0.480. The first-order chi connectivity index (χ1) is 14.2. The molecule has 1 amide bonds. The summed E-state index contributed by atoms with van der Waals surface area (Å²) in [6, 6.07) is 19.3. The number of likely N-dealkylation sites (tertiary alicyclic amines) is 2. The Labute approximate surface area is 183 Å². The standard InChI is InChI=1S/C25H31BrN2O/c26-24-10-4-8-22(17-24)18-27-13-5-9-23(19-27)25(29)28-14-11-21(12-15-28)16-20-6-2-1-3-7-20/h1-4,6-8,10,17,21,23H,5,9,11-16,18-19H2/t23-/m1/s1. The van der Waals surface area contributed by atoms with Crippen molar-refractivity contribution in [1.29, 1.82) is 0 Å². The van der Waals surface area contributed by atoms with Gasteiger partial charge in [0.1, 0.15) is 0 Å². The number of halogens is 1. The molecule has 1 atom stereocenters. The molecule has 0 saturated carbocycles. The van der Waals surface area contributed by atoms with Crippen molar-refractivity contribution in [3.63, 3.8) is 0 Å². The van der Waals surface area contributed by atoms with Gasteiger partial charge in [-0.25, -0.2) is 0 Å². The highest BCUT2D eigenvalue weighted by molar-refractivity contribution is 9.10. The van der Waals surface area contributed by atoms with Gasteiger partial charge in [-0.05, 0) is 67.8 Å².